The lowest BCUT2D eigenvalue weighted by Crippen LogP contribution is -2.22. The molecule has 130 valence electrons. The first kappa shape index (κ1) is 17.8. The van der Waals surface area contributed by atoms with Crippen LogP contribution in [0.3, 0.4) is 0 Å². The van der Waals surface area contributed by atoms with Gasteiger partial charge in [-0.05, 0) is 36.1 Å². The fourth-order valence-electron chi connectivity index (χ4n) is 2.87. The van der Waals surface area contributed by atoms with Crippen molar-refractivity contribution < 1.29 is 9.53 Å². The molecule has 1 aromatic carbocycles. The Balaban J connectivity index is 2.16. The van der Waals surface area contributed by atoms with Gasteiger partial charge in [-0.25, -0.2) is 0 Å². The number of aromatic nitrogens is 1. The Labute approximate surface area is 154 Å². The molecule has 0 unspecified atom stereocenters. The number of thioether (sulfide) groups is 1. The first-order chi connectivity index (χ1) is 12.6. The standard InChI is InChI=1S/C20H16N2O3S/c1-25-14-8-6-13(7-9-14)11-17(23)18-16-5-3-4-10-22(16)20(24)15(12-21)19(18)26-2/h3-10H,11H2,1-2H3. The van der Waals surface area contributed by atoms with E-state index in [1.807, 2.05) is 18.2 Å². The van der Waals surface area contributed by atoms with Crippen molar-refractivity contribution in [3.05, 3.63) is 75.7 Å². The van der Waals surface area contributed by atoms with E-state index >= 15 is 0 Å². The van der Waals surface area contributed by atoms with Crippen molar-refractivity contribution in [2.24, 2.45) is 0 Å². The quantitative estimate of drug-likeness (QED) is 0.513. The second-order valence-electron chi connectivity index (χ2n) is 5.60. The number of methoxy groups -OCH3 is 1. The van der Waals surface area contributed by atoms with Gasteiger partial charge in [0.1, 0.15) is 17.4 Å². The van der Waals surface area contributed by atoms with E-state index in [9.17, 15) is 14.9 Å². The van der Waals surface area contributed by atoms with Gasteiger partial charge in [0.2, 0.25) is 0 Å². The second-order valence-corrected chi connectivity index (χ2v) is 6.42. The Hall–Kier alpha value is -3.04. The molecule has 0 amide bonds. The fourth-order valence-corrected chi connectivity index (χ4v) is 3.63. The number of rotatable bonds is 5. The van der Waals surface area contributed by atoms with E-state index in [0.717, 1.165) is 11.3 Å². The largest absolute Gasteiger partial charge is 0.497 e. The molecule has 5 nitrogen and oxygen atoms in total. The number of nitrogens with zero attached hydrogens (tertiary/aromatic N) is 2. The van der Waals surface area contributed by atoms with Crippen LogP contribution in [0.5, 0.6) is 5.75 Å². The maximum atomic E-state index is 13.1. The lowest BCUT2D eigenvalue weighted by Gasteiger charge is -2.13. The molecule has 26 heavy (non-hydrogen) atoms. The minimum Gasteiger partial charge on any atom is -0.497 e. The zero-order chi connectivity index (χ0) is 18.7. The van der Waals surface area contributed by atoms with Gasteiger partial charge in [-0.2, -0.15) is 5.26 Å². The Morgan fingerprint density at radius 3 is 2.58 bits per heavy atom. The summed E-state index contributed by atoms with van der Waals surface area (Å²) in [6, 6.07) is 14.4. The van der Waals surface area contributed by atoms with Crippen LogP contribution in [0.2, 0.25) is 0 Å². The summed E-state index contributed by atoms with van der Waals surface area (Å²) in [6.07, 6.45) is 3.51. The second kappa shape index (κ2) is 7.46. The fraction of sp³-hybridized carbons (Fsp3) is 0.150. The average molecular weight is 364 g/mol. The minimum absolute atomic E-state index is 0.000666. The van der Waals surface area contributed by atoms with Crippen molar-refractivity contribution >= 4 is 23.1 Å². The monoisotopic (exact) mass is 364 g/mol. The number of nitriles is 1. The summed E-state index contributed by atoms with van der Waals surface area (Å²) in [7, 11) is 1.59. The van der Waals surface area contributed by atoms with Crippen molar-refractivity contribution in [2.45, 2.75) is 11.3 Å². The van der Waals surface area contributed by atoms with Crippen LogP contribution in [0.25, 0.3) is 5.52 Å². The number of pyridine rings is 2. The molecule has 0 saturated heterocycles. The number of carbonyl (C=O) groups is 1. The summed E-state index contributed by atoms with van der Waals surface area (Å²) >= 11 is 1.24. The third-order valence-corrected chi connectivity index (χ3v) is 4.94. The van der Waals surface area contributed by atoms with Gasteiger partial charge in [0.25, 0.3) is 5.56 Å². The van der Waals surface area contributed by atoms with E-state index in [2.05, 4.69) is 0 Å². The van der Waals surface area contributed by atoms with Gasteiger partial charge in [0.05, 0.1) is 18.2 Å². The highest BCUT2D eigenvalue weighted by molar-refractivity contribution is 7.98. The molecule has 0 bridgehead atoms. The molecule has 0 aliphatic rings. The first-order valence-corrected chi connectivity index (χ1v) is 9.10. The highest BCUT2D eigenvalue weighted by atomic mass is 32.2. The molecule has 2 aromatic heterocycles. The summed E-state index contributed by atoms with van der Waals surface area (Å²) in [6.45, 7) is 0. The predicted molar refractivity (Wildman–Crippen MR) is 101 cm³/mol. The van der Waals surface area contributed by atoms with Crippen molar-refractivity contribution in [1.82, 2.24) is 4.40 Å². The molecule has 6 heteroatoms. The number of hydrogen-bond donors (Lipinski definition) is 0. The molecule has 0 N–H and O–H groups in total. The third kappa shape index (κ3) is 3.09. The van der Waals surface area contributed by atoms with Crippen molar-refractivity contribution in [2.75, 3.05) is 13.4 Å². The zero-order valence-electron chi connectivity index (χ0n) is 14.4. The van der Waals surface area contributed by atoms with Crippen LogP contribution in [0.4, 0.5) is 0 Å². The molecular weight excluding hydrogens is 348 g/mol. The number of fused-ring (bicyclic) bond motifs is 1. The number of carbonyl (C=O) groups excluding carboxylic acids is 1. The Kier molecular flexibility index (Phi) is 5.10. The smallest absolute Gasteiger partial charge is 0.274 e. The van der Waals surface area contributed by atoms with Crippen molar-refractivity contribution in [3.63, 3.8) is 0 Å². The minimum atomic E-state index is -0.409. The van der Waals surface area contributed by atoms with Gasteiger partial charge >= 0.3 is 0 Å². The van der Waals surface area contributed by atoms with Gasteiger partial charge in [-0.1, -0.05) is 18.2 Å². The molecule has 2 heterocycles. The summed E-state index contributed by atoms with van der Waals surface area (Å²) in [4.78, 5) is 26.0. The van der Waals surface area contributed by atoms with Gasteiger partial charge in [-0.15, -0.1) is 11.8 Å². The van der Waals surface area contributed by atoms with Crippen LogP contribution in [0, 0.1) is 11.3 Å². The Morgan fingerprint density at radius 1 is 1.23 bits per heavy atom. The van der Waals surface area contributed by atoms with Gasteiger partial charge in [0, 0.05) is 17.5 Å². The molecule has 0 spiro atoms. The molecule has 0 aliphatic heterocycles. The first-order valence-electron chi connectivity index (χ1n) is 7.88. The van der Waals surface area contributed by atoms with E-state index in [1.165, 1.54) is 16.2 Å². The predicted octanol–water partition coefficient (Wildman–Crippen LogP) is 3.33. The maximum absolute atomic E-state index is 13.1. The molecule has 0 radical (unpaired) electrons. The lowest BCUT2D eigenvalue weighted by molar-refractivity contribution is 0.0991. The summed E-state index contributed by atoms with van der Waals surface area (Å²) < 4.78 is 6.49. The van der Waals surface area contributed by atoms with E-state index < -0.39 is 5.56 Å². The summed E-state index contributed by atoms with van der Waals surface area (Å²) in [5, 5.41) is 9.44. The molecule has 3 aromatic rings. The van der Waals surface area contributed by atoms with Crippen LogP contribution in [0.1, 0.15) is 21.5 Å². The Morgan fingerprint density at radius 2 is 1.96 bits per heavy atom. The molecule has 0 aliphatic carbocycles. The van der Waals surface area contributed by atoms with Crippen LogP contribution in [-0.4, -0.2) is 23.5 Å². The SMILES string of the molecule is COc1ccc(CC(=O)c2c(SC)c(C#N)c(=O)n3ccccc23)cc1. The highest BCUT2D eigenvalue weighted by Gasteiger charge is 2.22. The number of ether oxygens (including phenoxy) is 1. The molecule has 0 atom stereocenters. The molecular formula is C20H16N2O3S. The van der Waals surface area contributed by atoms with E-state index in [-0.39, 0.29) is 17.8 Å². The maximum Gasteiger partial charge on any atom is 0.274 e. The normalized spacial score (nSPS) is 10.5. The van der Waals surface area contributed by atoms with Crippen LogP contribution >= 0.6 is 11.8 Å². The number of benzene rings is 1. The van der Waals surface area contributed by atoms with Crippen LogP contribution < -0.4 is 10.3 Å². The molecule has 0 saturated carbocycles. The lowest BCUT2D eigenvalue weighted by atomic mass is 10.0. The van der Waals surface area contributed by atoms with Gasteiger partial charge < -0.3 is 4.74 Å². The molecule has 0 fully saturated rings. The van der Waals surface area contributed by atoms with Gasteiger partial charge in [0.15, 0.2) is 5.78 Å². The highest BCUT2D eigenvalue weighted by Crippen LogP contribution is 2.28. The van der Waals surface area contributed by atoms with E-state index in [4.69, 9.17) is 4.74 Å². The van der Waals surface area contributed by atoms with Crippen molar-refractivity contribution in [3.8, 4) is 11.8 Å². The zero-order valence-corrected chi connectivity index (χ0v) is 15.2. The average Bonchev–Trinajstić information content (AvgIpc) is 2.68. The van der Waals surface area contributed by atoms with E-state index in [0.29, 0.717) is 16.0 Å². The number of Topliss-reactive ketones (excluding diaryl/α,β-unsaturated/α-hetero) is 1. The third-order valence-electron chi connectivity index (χ3n) is 4.12. The van der Waals surface area contributed by atoms with Gasteiger partial charge in [-0.3, -0.25) is 14.0 Å². The van der Waals surface area contributed by atoms with E-state index in [1.54, 1.807) is 49.9 Å². The summed E-state index contributed by atoms with van der Waals surface area (Å²) in [5.74, 6) is 0.578. The number of hydrogen-bond acceptors (Lipinski definition) is 5. The van der Waals surface area contributed by atoms with Crippen LogP contribution in [0.15, 0.2) is 58.4 Å². The topological polar surface area (TPSA) is 71.6 Å². The van der Waals surface area contributed by atoms with Crippen molar-refractivity contribution in [1.29, 1.82) is 5.26 Å². The van der Waals surface area contributed by atoms with Crippen LogP contribution in [-0.2, 0) is 6.42 Å². The number of ketones is 1. The molecule has 3 rings (SSSR count). The summed E-state index contributed by atoms with van der Waals surface area (Å²) in [5.41, 5.74) is 1.35. The Bertz CT molecular complexity index is 1080.